The van der Waals surface area contributed by atoms with Crippen molar-refractivity contribution >= 4 is 41.4 Å². The second kappa shape index (κ2) is 19.6. The summed E-state index contributed by atoms with van der Waals surface area (Å²) in [6, 6.07) is 9.16. The number of ketones is 1. The second-order valence-electron chi connectivity index (χ2n) is 18.0. The summed E-state index contributed by atoms with van der Waals surface area (Å²) in [5.41, 5.74) is 1.27. The number of hydrogen-bond donors (Lipinski definition) is 4. The number of carbonyl (C=O) groups excluding carboxylic acids is 7. The lowest BCUT2D eigenvalue weighted by Crippen LogP contribution is -2.62. The quantitative estimate of drug-likeness (QED) is 0.202. The van der Waals surface area contributed by atoms with Gasteiger partial charge in [0, 0.05) is 37.8 Å². The molecule has 0 saturated carbocycles. The minimum atomic E-state index is -4.55. The van der Waals surface area contributed by atoms with Gasteiger partial charge in [0.15, 0.2) is 0 Å². The molecule has 2 saturated heterocycles. The highest BCUT2D eigenvalue weighted by Gasteiger charge is 2.52. The monoisotopic (exact) mass is 886 g/mol. The van der Waals surface area contributed by atoms with Crippen LogP contribution in [-0.2, 0) is 35.3 Å². The average Bonchev–Trinajstić information content (AvgIpc) is 3.70. The summed E-state index contributed by atoms with van der Waals surface area (Å²) in [6.07, 6.45) is 2.16. The molecule has 3 aliphatic heterocycles. The number of hydrogen-bond acceptors (Lipinski definition) is 10. The zero-order valence-electron chi connectivity index (χ0n) is 36.8. The highest BCUT2D eigenvalue weighted by atomic mass is 19.3. The summed E-state index contributed by atoms with van der Waals surface area (Å²) in [6.45, 7) is 10.0. The van der Waals surface area contributed by atoms with Crippen LogP contribution in [0.1, 0.15) is 106 Å². The topological polar surface area (TPSA) is 209 Å². The molecule has 4 heterocycles. The lowest BCUT2D eigenvalue weighted by atomic mass is 9.81. The van der Waals surface area contributed by atoms with Gasteiger partial charge in [-0.1, -0.05) is 95.6 Å². The summed E-state index contributed by atoms with van der Waals surface area (Å²) >= 11 is 0. The smallest absolute Gasteiger partial charge is 0.410 e. The number of rotatable bonds is 11. The van der Waals surface area contributed by atoms with Crippen molar-refractivity contribution in [3.63, 3.8) is 0 Å². The number of fused-ring (bicyclic) bond motifs is 6. The first-order valence-corrected chi connectivity index (χ1v) is 21.6. The van der Waals surface area contributed by atoms with E-state index < -0.39 is 95.0 Å². The van der Waals surface area contributed by atoms with Crippen LogP contribution in [0, 0.1) is 11.3 Å². The Balaban J connectivity index is 1.32. The molecule has 0 spiro atoms. The Hall–Kier alpha value is -6.33. The van der Waals surface area contributed by atoms with Crippen LogP contribution >= 0.6 is 0 Å². The second-order valence-corrected chi connectivity index (χ2v) is 18.0. The molecule has 4 unspecified atom stereocenters. The summed E-state index contributed by atoms with van der Waals surface area (Å²) in [7, 11) is 0. The van der Waals surface area contributed by atoms with Crippen molar-refractivity contribution in [1.82, 2.24) is 41.0 Å². The minimum Gasteiger partial charge on any atom is -0.444 e. The van der Waals surface area contributed by atoms with Crippen molar-refractivity contribution in [3.05, 3.63) is 95.6 Å². The predicted octanol–water partition coefficient (Wildman–Crippen LogP) is 4.22. The third-order valence-electron chi connectivity index (χ3n) is 12.1. The van der Waals surface area contributed by atoms with Gasteiger partial charge in [-0.2, -0.15) is 8.78 Å². The lowest BCUT2D eigenvalue weighted by Gasteiger charge is -2.38. The van der Waals surface area contributed by atoms with Crippen molar-refractivity contribution in [2.75, 3.05) is 13.1 Å². The van der Waals surface area contributed by atoms with Gasteiger partial charge in [0.25, 0.3) is 11.8 Å². The van der Waals surface area contributed by atoms with Crippen LogP contribution in [0.4, 0.5) is 13.6 Å². The molecule has 3 aromatic rings. The van der Waals surface area contributed by atoms with E-state index in [-0.39, 0.29) is 50.5 Å². The van der Waals surface area contributed by atoms with Gasteiger partial charge < -0.3 is 35.8 Å². The van der Waals surface area contributed by atoms with E-state index in [2.05, 4.69) is 31.2 Å². The van der Waals surface area contributed by atoms with Gasteiger partial charge in [-0.15, -0.1) is 0 Å². The molecule has 16 nitrogen and oxygen atoms in total. The normalized spacial score (nSPS) is 23.8. The highest BCUT2D eigenvalue weighted by Crippen LogP contribution is 2.36. The Morgan fingerprint density at radius 2 is 1.66 bits per heavy atom. The minimum absolute atomic E-state index is 0.0456. The highest BCUT2D eigenvalue weighted by molar-refractivity contribution is 6.11. The largest absolute Gasteiger partial charge is 0.444 e. The maximum atomic E-state index is 15.7. The van der Waals surface area contributed by atoms with Crippen LogP contribution in [0.25, 0.3) is 0 Å². The number of amides is 6. The van der Waals surface area contributed by atoms with Crippen molar-refractivity contribution in [1.29, 1.82) is 0 Å². The molecule has 4 bridgehead atoms. The molecule has 1 aromatic heterocycles. The number of nitrogens with one attached hydrogen (secondary N) is 4. The molecule has 3 aliphatic rings. The van der Waals surface area contributed by atoms with Gasteiger partial charge in [0.2, 0.25) is 23.5 Å². The standard InChI is InChI=1S/C46H56F2N8O8/c1-7-13-33(38(57)46(47,48)43(62)51-27(3)28-14-9-8-10-15-28)52-40(59)35-21-31-25-56(35)42(61)37(45(4,5)6)54-41(60)36(53-39(58)34-22-49-18-19-50-34)26(2)20-30-24-55(44(63)64-31)23-29-16-11-12-17-32(29)30/h8-12,14-19,22,26-27,30-31,33,35-37H,7,13,20-21,23-25H2,1-6H3,(H,51,62)(H,52,59)(H,53,58)(H,54,60)/t26?,27-,30?,31?,33-,35-,36?,37-/m0/s1. The first-order chi connectivity index (χ1) is 30.3. The number of Topliss-reactive ketones (excluding diaryl/α,β-unsaturated/α-hetero) is 1. The summed E-state index contributed by atoms with van der Waals surface area (Å²) in [5.74, 6) is -12.3. The fourth-order valence-corrected chi connectivity index (χ4v) is 8.64. The third-order valence-corrected chi connectivity index (χ3v) is 12.1. The molecule has 0 aliphatic carbocycles. The van der Waals surface area contributed by atoms with Crippen LogP contribution in [0.3, 0.4) is 0 Å². The summed E-state index contributed by atoms with van der Waals surface area (Å²) in [4.78, 5) is 108. The number of halogens is 2. The molecule has 6 amide bonds. The fraction of sp³-hybridized carbons (Fsp3) is 0.500. The lowest BCUT2D eigenvalue weighted by molar-refractivity contribution is -0.161. The van der Waals surface area contributed by atoms with Crippen LogP contribution in [0.15, 0.2) is 73.2 Å². The predicted molar refractivity (Wildman–Crippen MR) is 228 cm³/mol. The van der Waals surface area contributed by atoms with E-state index >= 15 is 8.78 Å². The van der Waals surface area contributed by atoms with E-state index in [0.717, 1.165) is 16.0 Å². The number of carbonyl (C=O) groups is 7. The molecule has 64 heavy (non-hydrogen) atoms. The van der Waals surface area contributed by atoms with E-state index in [1.165, 1.54) is 30.4 Å². The van der Waals surface area contributed by atoms with Gasteiger partial charge in [-0.3, -0.25) is 33.8 Å². The van der Waals surface area contributed by atoms with E-state index in [0.29, 0.717) is 12.0 Å². The molecule has 2 aromatic carbocycles. The number of benzene rings is 2. The summed E-state index contributed by atoms with van der Waals surface area (Å²) in [5, 5.41) is 10.2. The number of nitrogens with zero attached hydrogens (tertiary/aromatic N) is 4. The van der Waals surface area contributed by atoms with E-state index in [1.807, 2.05) is 24.3 Å². The van der Waals surface area contributed by atoms with Gasteiger partial charge in [0.1, 0.15) is 29.9 Å². The van der Waals surface area contributed by atoms with Gasteiger partial charge in [-0.05, 0) is 47.8 Å². The number of aromatic nitrogens is 2. The summed E-state index contributed by atoms with van der Waals surface area (Å²) < 4.78 is 37.4. The Morgan fingerprint density at radius 3 is 2.33 bits per heavy atom. The Labute approximate surface area is 370 Å². The van der Waals surface area contributed by atoms with Crippen LogP contribution < -0.4 is 21.3 Å². The SMILES string of the molecule is CCC[C@H](NC(=O)[C@@H]1CC2CN1C(=O)[C@@H](C(C)(C)C)NC(=O)C(NC(=O)c1cnccn1)C(C)CC1CN(Cc3ccccc31)C(=O)O2)C(=O)C(F)(F)C(=O)N[C@@H](C)c1ccccc1. The average molecular weight is 887 g/mol. The first kappa shape index (κ1) is 47.2. The molecular formula is C46H56F2N8O8. The third kappa shape index (κ3) is 10.5. The number of alkyl halides is 2. The van der Waals surface area contributed by atoms with Crippen LogP contribution in [0.5, 0.6) is 0 Å². The molecule has 342 valence electrons. The molecule has 0 radical (unpaired) electrons. The van der Waals surface area contributed by atoms with E-state index in [9.17, 15) is 33.6 Å². The molecule has 2 fully saturated rings. The fourth-order valence-electron chi connectivity index (χ4n) is 8.64. The maximum absolute atomic E-state index is 15.7. The Kier molecular flexibility index (Phi) is 14.4. The van der Waals surface area contributed by atoms with Crippen molar-refractivity contribution in [2.45, 2.75) is 122 Å². The van der Waals surface area contributed by atoms with E-state index in [1.54, 1.807) is 65.0 Å². The van der Waals surface area contributed by atoms with Crippen LogP contribution in [0.2, 0.25) is 0 Å². The Bertz CT molecular complexity index is 2230. The maximum Gasteiger partial charge on any atom is 0.410 e. The molecule has 6 rings (SSSR count). The Morgan fingerprint density at radius 1 is 0.953 bits per heavy atom. The van der Waals surface area contributed by atoms with E-state index in [4.69, 9.17) is 4.74 Å². The van der Waals surface area contributed by atoms with Crippen molar-refractivity contribution < 1.29 is 47.1 Å². The zero-order chi connectivity index (χ0) is 46.5. The van der Waals surface area contributed by atoms with Crippen molar-refractivity contribution in [2.24, 2.45) is 11.3 Å². The zero-order valence-corrected chi connectivity index (χ0v) is 36.8. The van der Waals surface area contributed by atoms with Gasteiger partial charge >= 0.3 is 12.0 Å². The molecular weight excluding hydrogens is 831 g/mol. The molecule has 8 atom stereocenters. The van der Waals surface area contributed by atoms with Crippen LogP contribution in [-0.4, -0.2) is 110 Å². The number of ether oxygens (including phenoxy) is 1. The van der Waals surface area contributed by atoms with Crippen molar-refractivity contribution in [3.8, 4) is 0 Å². The first-order valence-electron chi connectivity index (χ1n) is 21.6. The van der Waals surface area contributed by atoms with Gasteiger partial charge in [-0.25, -0.2) is 9.78 Å². The molecule has 4 N–H and O–H groups in total. The van der Waals surface area contributed by atoms with Gasteiger partial charge in [0.05, 0.1) is 24.8 Å². The molecule has 18 heteroatoms.